The number of hydrogen-bond donors (Lipinski definition) is 1. The first-order valence-corrected chi connectivity index (χ1v) is 11.8. The largest absolute Gasteiger partial charge is 0.383 e. The number of nitrogens with zero attached hydrogens (tertiary/aromatic N) is 3. The van der Waals surface area contributed by atoms with Gasteiger partial charge >= 0.3 is 10.1 Å². The molecule has 2 aromatic rings. The lowest BCUT2D eigenvalue weighted by Gasteiger charge is -2.03. The molecule has 0 saturated heterocycles. The summed E-state index contributed by atoms with van der Waals surface area (Å²) in [6, 6.07) is 7.39. The summed E-state index contributed by atoms with van der Waals surface area (Å²) in [4.78, 5) is 12.2. The normalized spacial score (nSPS) is 12.2. The quantitative estimate of drug-likeness (QED) is 0.288. The number of benzene rings is 1. The molecule has 1 aromatic heterocycles. The van der Waals surface area contributed by atoms with Crippen LogP contribution in [0.25, 0.3) is 6.08 Å². The van der Waals surface area contributed by atoms with E-state index in [1.54, 1.807) is 6.07 Å². The highest BCUT2D eigenvalue weighted by Gasteiger charge is 2.19. The Labute approximate surface area is 165 Å². The van der Waals surface area contributed by atoms with Crippen LogP contribution in [0.2, 0.25) is 0 Å². The monoisotopic (exact) mass is 442 g/mol. The molecule has 1 N–H and O–H groups in total. The molecule has 0 saturated carbocycles. The zero-order chi connectivity index (χ0) is 20.9. The predicted octanol–water partition coefficient (Wildman–Crippen LogP) is 1.22. The van der Waals surface area contributed by atoms with Gasteiger partial charge in [0.05, 0.1) is 12.0 Å². The van der Waals surface area contributed by atoms with E-state index in [9.17, 15) is 26.9 Å². The van der Waals surface area contributed by atoms with Gasteiger partial charge in [0, 0.05) is 0 Å². The van der Waals surface area contributed by atoms with Crippen molar-refractivity contribution in [1.29, 1.82) is 5.26 Å². The first-order valence-electron chi connectivity index (χ1n) is 7.53. The van der Waals surface area contributed by atoms with E-state index in [-0.39, 0.29) is 26.5 Å². The topological polar surface area (TPSA) is 156 Å². The smallest absolute Gasteiger partial charge is 0.306 e. The molecular weight excluding hydrogens is 428 g/mol. The number of carbonyl (C=O) groups is 1. The molecule has 0 radical (unpaired) electrons. The average molecular weight is 443 g/mol. The fraction of sp³-hybridized carbons (Fsp3) is 0.200. The Morgan fingerprint density at radius 2 is 1.89 bits per heavy atom. The van der Waals surface area contributed by atoms with Crippen molar-refractivity contribution in [2.75, 3.05) is 17.3 Å². The Morgan fingerprint density at radius 1 is 1.25 bits per heavy atom. The molecule has 0 bridgehead atoms. The van der Waals surface area contributed by atoms with Crippen LogP contribution in [-0.4, -0.2) is 44.9 Å². The molecule has 2 rings (SSSR count). The van der Waals surface area contributed by atoms with E-state index in [1.165, 1.54) is 37.3 Å². The summed E-state index contributed by atoms with van der Waals surface area (Å²) in [6.45, 7) is 1.46. The minimum absolute atomic E-state index is 0.0601. The lowest BCUT2D eigenvalue weighted by Crippen LogP contribution is -2.13. The fourth-order valence-electron chi connectivity index (χ4n) is 1.78. The van der Waals surface area contributed by atoms with Crippen molar-refractivity contribution < 1.29 is 25.8 Å². The van der Waals surface area contributed by atoms with Crippen LogP contribution in [0, 0.1) is 11.3 Å². The Kier molecular flexibility index (Phi) is 6.49. The number of amides is 1. The number of anilines is 1. The third-order valence-electron chi connectivity index (χ3n) is 3.08. The zero-order valence-corrected chi connectivity index (χ0v) is 17.1. The van der Waals surface area contributed by atoms with Gasteiger partial charge in [-0.25, -0.2) is 8.42 Å². The number of hydrogen-bond acceptors (Lipinski definition) is 10. The molecule has 10 nitrogen and oxygen atoms in total. The molecular formula is C15H14N4O6S3. The van der Waals surface area contributed by atoms with Crippen molar-refractivity contribution in [3.05, 3.63) is 35.4 Å². The molecule has 0 fully saturated rings. The molecule has 0 unspecified atom stereocenters. The maximum Gasteiger partial charge on any atom is 0.306 e. The van der Waals surface area contributed by atoms with Crippen molar-refractivity contribution in [2.45, 2.75) is 11.3 Å². The molecule has 1 amide bonds. The van der Waals surface area contributed by atoms with E-state index >= 15 is 0 Å². The van der Waals surface area contributed by atoms with Gasteiger partial charge in [-0.15, -0.1) is 10.2 Å². The van der Waals surface area contributed by atoms with Crippen LogP contribution in [0.1, 0.15) is 12.5 Å². The van der Waals surface area contributed by atoms with Gasteiger partial charge in [-0.3, -0.25) is 10.1 Å². The standard InChI is InChI=1S/C15H14N4O6S3/c1-3-28(23,24)15-19-18-14(26-15)17-13(20)11(9-16)8-10-4-6-12(7-5-10)25-27(2,21)22/h4-8H,3H2,1-2H3,(H,17,18,20)/b11-8-. The molecule has 28 heavy (non-hydrogen) atoms. The van der Waals surface area contributed by atoms with E-state index in [0.29, 0.717) is 16.9 Å². The van der Waals surface area contributed by atoms with Crippen LogP contribution < -0.4 is 9.50 Å². The van der Waals surface area contributed by atoms with Gasteiger partial charge in [0.1, 0.15) is 17.4 Å². The highest BCUT2D eigenvalue weighted by molar-refractivity contribution is 7.93. The lowest BCUT2D eigenvalue weighted by molar-refractivity contribution is -0.112. The number of nitrogens with one attached hydrogen (secondary N) is 1. The number of sulfone groups is 1. The highest BCUT2D eigenvalue weighted by atomic mass is 32.2. The third kappa shape index (κ3) is 5.84. The number of nitriles is 1. The Balaban J connectivity index is 2.16. The molecule has 148 valence electrons. The van der Waals surface area contributed by atoms with Crippen LogP contribution in [0.15, 0.2) is 34.2 Å². The van der Waals surface area contributed by atoms with Crippen molar-refractivity contribution >= 4 is 48.4 Å². The van der Waals surface area contributed by atoms with Gasteiger partial charge in [-0.1, -0.05) is 30.4 Å². The van der Waals surface area contributed by atoms with E-state index in [0.717, 1.165) is 6.26 Å². The van der Waals surface area contributed by atoms with Gasteiger partial charge < -0.3 is 4.18 Å². The van der Waals surface area contributed by atoms with E-state index in [2.05, 4.69) is 15.5 Å². The van der Waals surface area contributed by atoms with Crippen molar-refractivity contribution in [2.24, 2.45) is 0 Å². The van der Waals surface area contributed by atoms with E-state index in [4.69, 9.17) is 4.18 Å². The minimum Gasteiger partial charge on any atom is -0.383 e. The minimum atomic E-state index is -3.66. The van der Waals surface area contributed by atoms with Crippen LogP contribution in [0.5, 0.6) is 5.75 Å². The Morgan fingerprint density at radius 3 is 2.43 bits per heavy atom. The Hall–Kier alpha value is -2.82. The van der Waals surface area contributed by atoms with Crippen LogP contribution >= 0.6 is 11.3 Å². The van der Waals surface area contributed by atoms with Crippen LogP contribution in [0.4, 0.5) is 5.13 Å². The number of aromatic nitrogens is 2. The van der Waals surface area contributed by atoms with Gasteiger partial charge in [-0.05, 0) is 23.8 Å². The third-order valence-corrected chi connectivity index (χ3v) is 6.59. The summed E-state index contributed by atoms with van der Waals surface area (Å²) in [5, 5.41) is 18.6. The van der Waals surface area contributed by atoms with E-state index < -0.39 is 25.9 Å². The van der Waals surface area contributed by atoms with Crippen molar-refractivity contribution in [3.63, 3.8) is 0 Å². The maximum atomic E-state index is 12.2. The first-order chi connectivity index (χ1) is 13.0. The summed E-state index contributed by atoms with van der Waals surface area (Å²) in [7, 11) is -7.21. The summed E-state index contributed by atoms with van der Waals surface area (Å²) in [5.74, 6) is -0.866. The SMILES string of the molecule is CCS(=O)(=O)c1nnc(NC(=O)/C(C#N)=C\c2ccc(OS(C)(=O)=O)cc2)s1. The summed E-state index contributed by atoms with van der Waals surface area (Å²) in [5.41, 5.74) is 0.172. The summed E-state index contributed by atoms with van der Waals surface area (Å²) in [6.07, 6.45) is 2.17. The summed E-state index contributed by atoms with van der Waals surface area (Å²) < 4.78 is 50.1. The second kappa shape index (κ2) is 8.46. The Bertz CT molecular complexity index is 1160. The first kappa shape index (κ1) is 21.5. The summed E-state index contributed by atoms with van der Waals surface area (Å²) >= 11 is 0.682. The second-order valence-electron chi connectivity index (χ2n) is 5.26. The average Bonchev–Trinajstić information content (AvgIpc) is 3.09. The zero-order valence-electron chi connectivity index (χ0n) is 14.6. The predicted molar refractivity (Wildman–Crippen MR) is 102 cm³/mol. The second-order valence-corrected chi connectivity index (χ2v) is 10.3. The molecule has 0 atom stereocenters. The van der Waals surface area contributed by atoms with E-state index in [1.807, 2.05) is 0 Å². The number of carbonyl (C=O) groups excluding carboxylic acids is 1. The maximum absolute atomic E-state index is 12.2. The lowest BCUT2D eigenvalue weighted by atomic mass is 10.1. The molecule has 13 heteroatoms. The molecule has 1 heterocycles. The van der Waals surface area contributed by atoms with Crippen LogP contribution in [-0.2, 0) is 24.7 Å². The molecule has 1 aromatic carbocycles. The van der Waals surface area contributed by atoms with Gasteiger partial charge in [0.15, 0.2) is 0 Å². The van der Waals surface area contributed by atoms with Crippen LogP contribution in [0.3, 0.4) is 0 Å². The molecule has 0 aliphatic carbocycles. The van der Waals surface area contributed by atoms with Gasteiger partial charge in [0.25, 0.3) is 5.91 Å². The van der Waals surface area contributed by atoms with Gasteiger partial charge in [-0.2, -0.15) is 13.7 Å². The van der Waals surface area contributed by atoms with Crippen molar-refractivity contribution in [3.8, 4) is 11.8 Å². The van der Waals surface area contributed by atoms with Gasteiger partial charge in [0.2, 0.25) is 19.3 Å². The fourth-order valence-corrected chi connectivity index (χ4v) is 4.23. The number of rotatable bonds is 7. The molecule has 0 spiro atoms. The highest BCUT2D eigenvalue weighted by Crippen LogP contribution is 2.22. The van der Waals surface area contributed by atoms with Crippen molar-refractivity contribution in [1.82, 2.24) is 10.2 Å². The molecule has 0 aliphatic rings. The molecule has 0 aliphatic heterocycles.